The molecule has 6 heteroatoms. The number of rotatable bonds is 2. The van der Waals surface area contributed by atoms with Crippen molar-refractivity contribution in [2.45, 2.75) is 6.92 Å². The largest absolute Gasteiger partial charge is 0.397 e. The van der Waals surface area contributed by atoms with Crippen molar-refractivity contribution in [3.05, 3.63) is 23.8 Å². The van der Waals surface area contributed by atoms with E-state index in [1.165, 1.54) is 10.6 Å². The average molecular weight is 269 g/mol. The molecule has 0 amide bonds. The van der Waals surface area contributed by atoms with E-state index in [-0.39, 0.29) is 0 Å². The van der Waals surface area contributed by atoms with Crippen LogP contribution in [0.4, 0.5) is 11.4 Å². The quantitative estimate of drug-likeness (QED) is 0.801. The Hall–Kier alpha value is -1.27. The van der Waals surface area contributed by atoms with E-state index in [0.717, 1.165) is 16.9 Å². The van der Waals surface area contributed by atoms with Gasteiger partial charge in [0.15, 0.2) is 0 Å². The topological polar surface area (TPSA) is 66.6 Å². The fourth-order valence-corrected chi connectivity index (χ4v) is 3.01. The molecule has 1 aliphatic heterocycles. The van der Waals surface area contributed by atoms with Gasteiger partial charge in [0.2, 0.25) is 10.0 Å². The van der Waals surface area contributed by atoms with Gasteiger partial charge in [-0.05, 0) is 24.6 Å². The molecule has 5 nitrogen and oxygen atoms in total. The second-order valence-electron chi connectivity index (χ2n) is 4.71. The normalized spacial score (nSPS) is 18.0. The summed E-state index contributed by atoms with van der Waals surface area (Å²) in [5.41, 5.74) is 8.87. The number of hydrogen-bond acceptors (Lipinski definition) is 4. The van der Waals surface area contributed by atoms with E-state index in [2.05, 4.69) is 4.90 Å². The Labute approximate surface area is 108 Å². The monoisotopic (exact) mass is 269 g/mol. The number of hydrogen-bond donors (Lipinski definition) is 1. The SMILES string of the molecule is Cc1ccc(N)c(N2CCN(S(C)(=O)=O)CC2)c1. The Morgan fingerprint density at radius 2 is 1.78 bits per heavy atom. The number of sulfonamides is 1. The summed E-state index contributed by atoms with van der Waals surface area (Å²) in [5.74, 6) is 0. The van der Waals surface area contributed by atoms with Gasteiger partial charge in [-0.15, -0.1) is 0 Å². The first-order valence-electron chi connectivity index (χ1n) is 5.94. The maximum atomic E-state index is 11.4. The molecule has 1 aliphatic rings. The van der Waals surface area contributed by atoms with E-state index >= 15 is 0 Å². The van der Waals surface area contributed by atoms with Crippen LogP contribution in [-0.4, -0.2) is 45.2 Å². The Morgan fingerprint density at radius 3 is 2.33 bits per heavy atom. The Morgan fingerprint density at radius 1 is 1.17 bits per heavy atom. The number of anilines is 2. The van der Waals surface area contributed by atoms with E-state index in [1.54, 1.807) is 0 Å². The van der Waals surface area contributed by atoms with Crippen molar-refractivity contribution in [1.82, 2.24) is 4.31 Å². The molecule has 1 aromatic rings. The van der Waals surface area contributed by atoms with Crippen LogP contribution in [0.25, 0.3) is 0 Å². The molecule has 0 aromatic heterocycles. The van der Waals surface area contributed by atoms with Crippen molar-refractivity contribution in [1.29, 1.82) is 0 Å². The lowest BCUT2D eigenvalue weighted by atomic mass is 10.1. The first-order chi connectivity index (χ1) is 8.38. The predicted molar refractivity (Wildman–Crippen MR) is 74.2 cm³/mol. The molecule has 2 rings (SSSR count). The molecule has 0 atom stereocenters. The molecule has 0 bridgehead atoms. The number of nitrogen functional groups attached to an aromatic ring is 1. The molecular weight excluding hydrogens is 250 g/mol. The van der Waals surface area contributed by atoms with Crippen molar-refractivity contribution >= 4 is 21.4 Å². The van der Waals surface area contributed by atoms with Crippen LogP contribution in [0.15, 0.2) is 18.2 Å². The van der Waals surface area contributed by atoms with Gasteiger partial charge in [-0.3, -0.25) is 0 Å². The molecule has 0 saturated carbocycles. The molecule has 0 aliphatic carbocycles. The molecule has 1 aromatic carbocycles. The standard InChI is InChI=1S/C12H19N3O2S/c1-10-3-4-11(13)12(9-10)14-5-7-15(8-6-14)18(2,16)17/h3-4,9H,5-8,13H2,1-2H3. The minimum atomic E-state index is -3.07. The fraction of sp³-hybridized carbons (Fsp3) is 0.500. The van der Waals surface area contributed by atoms with E-state index in [1.807, 2.05) is 25.1 Å². The summed E-state index contributed by atoms with van der Waals surface area (Å²) in [5, 5.41) is 0. The van der Waals surface area contributed by atoms with Gasteiger partial charge in [0.05, 0.1) is 17.6 Å². The van der Waals surface area contributed by atoms with Crippen LogP contribution < -0.4 is 10.6 Å². The first kappa shape index (κ1) is 13.2. The van der Waals surface area contributed by atoms with E-state index in [0.29, 0.717) is 26.2 Å². The van der Waals surface area contributed by atoms with Crippen LogP contribution in [0.2, 0.25) is 0 Å². The molecule has 1 fully saturated rings. The Kier molecular flexibility index (Phi) is 3.49. The first-order valence-corrected chi connectivity index (χ1v) is 7.79. The van der Waals surface area contributed by atoms with Gasteiger partial charge < -0.3 is 10.6 Å². The molecule has 0 radical (unpaired) electrons. The van der Waals surface area contributed by atoms with Crippen LogP contribution in [-0.2, 0) is 10.0 Å². The summed E-state index contributed by atoms with van der Waals surface area (Å²) in [6.45, 7) is 4.43. The van der Waals surface area contributed by atoms with Gasteiger partial charge in [0, 0.05) is 26.2 Å². The summed E-state index contributed by atoms with van der Waals surface area (Å²) in [6, 6.07) is 5.92. The van der Waals surface area contributed by atoms with Gasteiger partial charge >= 0.3 is 0 Å². The minimum absolute atomic E-state index is 0.520. The smallest absolute Gasteiger partial charge is 0.211 e. The number of nitrogens with zero attached hydrogens (tertiary/aromatic N) is 2. The highest BCUT2D eigenvalue weighted by molar-refractivity contribution is 7.88. The average Bonchev–Trinajstić information content (AvgIpc) is 2.31. The van der Waals surface area contributed by atoms with Crippen molar-refractivity contribution in [2.75, 3.05) is 43.1 Å². The summed E-state index contributed by atoms with van der Waals surface area (Å²) < 4.78 is 24.4. The second kappa shape index (κ2) is 4.78. The summed E-state index contributed by atoms with van der Waals surface area (Å²) >= 11 is 0. The summed E-state index contributed by atoms with van der Waals surface area (Å²) in [7, 11) is -3.07. The van der Waals surface area contributed by atoms with Gasteiger partial charge in [0.25, 0.3) is 0 Å². The number of benzene rings is 1. The zero-order valence-corrected chi connectivity index (χ0v) is 11.6. The van der Waals surface area contributed by atoms with Crippen molar-refractivity contribution in [3.63, 3.8) is 0 Å². The lowest BCUT2D eigenvalue weighted by Gasteiger charge is -2.35. The molecule has 1 saturated heterocycles. The zero-order chi connectivity index (χ0) is 13.3. The van der Waals surface area contributed by atoms with Gasteiger partial charge in [-0.2, -0.15) is 4.31 Å². The van der Waals surface area contributed by atoms with E-state index in [9.17, 15) is 8.42 Å². The highest BCUT2D eigenvalue weighted by atomic mass is 32.2. The van der Waals surface area contributed by atoms with Crippen LogP contribution >= 0.6 is 0 Å². The van der Waals surface area contributed by atoms with Crippen LogP contribution in [0.5, 0.6) is 0 Å². The zero-order valence-electron chi connectivity index (χ0n) is 10.8. The van der Waals surface area contributed by atoms with E-state index < -0.39 is 10.0 Å². The minimum Gasteiger partial charge on any atom is -0.397 e. The summed E-state index contributed by atoms with van der Waals surface area (Å²) in [6.07, 6.45) is 1.25. The molecule has 1 heterocycles. The maximum absolute atomic E-state index is 11.4. The molecule has 0 spiro atoms. The lowest BCUT2D eigenvalue weighted by Crippen LogP contribution is -2.48. The molecule has 2 N–H and O–H groups in total. The molecule has 0 unspecified atom stereocenters. The third-order valence-corrected chi connectivity index (χ3v) is 4.54. The number of piperazine rings is 1. The van der Waals surface area contributed by atoms with Gasteiger partial charge in [0.1, 0.15) is 0 Å². The number of aryl methyl sites for hydroxylation is 1. The molecule has 18 heavy (non-hydrogen) atoms. The third-order valence-electron chi connectivity index (χ3n) is 3.23. The molecular formula is C12H19N3O2S. The Bertz CT molecular complexity index is 534. The van der Waals surface area contributed by atoms with Crippen molar-refractivity contribution in [2.24, 2.45) is 0 Å². The van der Waals surface area contributed by atoms with Crippen LogP contribution in [0.1, 0.15) is 5.56 Å². The predicted octanol–water partition coefficient (Wildman–Crippen LogP) is 0.659. The van der Waals surface area contributed by atoms with Crippen LogP contribution in [0, 0.1) is 6.92 Å². The molecule has 100 valence electrons. The number of nitrogens with two attached hydrogens (primary N) is 1. The highest BCUT2D eigenvalue weighted by Crippen LogP contribution is 2.25. The van der Waals surface area contributed by atoms with Crippen molar-refractivity contribution < 1.29 is 8.42 Å². The Balaban J connectivity index is 2.12. The second-order valence-corrected chi connectivity index (χ2v) is 6.69. The summed E-state index contributed by atoms with van der Waals surface area (Å²) in [4.78, 5) is 2.14. The highest BCUT2D eigenvalue weighted by Gasteiger charge is 2.24. The van der Waals surface area contributed by atoms with Crippen LogP contribution in [0.3, 0.4) is 0 Å². The fourth-order valence-electron chi connectivity index (χ4n) is 2.19. The lowest BCUT2D eigenvalue weighted by molar-refractivity contribution is 0.388. The van der Waals surface area contributed by atoms with E-state index in [4.69, 9.17) is 5.73 Å². The van der Waals surface area contributed by atoms with Gasteiger partial charge in [-0.1, -0.05) is 6.07 Å². The maximum Gasteiger partial charge on any atom is 0.211 e. The third kappa shape index (κ3) is 2.76. The van der Waals surface area contributed by atoms with Gasteiger partial charge in [-0.25, -0.2) is 8.42 Å². The van der Waals surface area contributed by atoms with Crippen molar-refractivity contribution in [3.8, 4) is 0 Å².